The summed E-state index contributed by atoms with van der Waals surface area (Å²) in [6.45, 7) is 7.22. The number of para-hydroxylation sites is 1. The SMILES string of the molecule is CNC(C)c1ccccc1OCC(C)C. The molecule has 0 bridgehead atoms. The van der Waals surface area contributed by atoms with Gasteiger partial charge in [0.25, 0.3) is 0 Å². The van der Waals surface area contributed by atoms with E-state index in [9.17, 15) is 0 Å². The van der Waals surface area contributed by atoms with E-state index in [2.05, 4.69) is 32.2 Å². The van der Waals surface area contributed by atoms with Crippen molar-refractivity contribution in [2.75, 3.05) is 13.7 Å². The van der Waals surface area contributed by atoms with Gasteiger partial charge in [0.05, 0.1) is 6.61 Å². The van der Waals surface area contributed by atoms with Gasteiger partial charge in [-0.1, -0.05) is 32.0 Å². The third-order valence-electron chi connectivity index (χ3n) is 2.39. The lowest BCUT2D eigenvalue weighted by Crippen LogP contribution is -2.14. The van der Waals surface area contributed by atoms with E-state index < -0.39 is 0 Å². The molecule has 1 aromatic rings. The number of rotatable bonds is 5. The lowest BCUT2D eigenvalue weighted by molar-refractivity contribution is 0.267. The number of nitrogens with one attached hydrogen (secondary N) is 1. The van der Waals surface area contributed by atoms with Crippen LogP contribution in [0.15, 0.2) is 24.3 Å². The molecule has 0 aliphatic heterocycles. The number of hydrogen-bond donors (Lipinski definition) is 1. The van der Waals surface area contributed by atoms with Crippen molar-refractivity contribution in [3.63, 3.8) is 0 Å². The Balaban J connectivity index is 2.77. The fourth-order valence-corrected chi connectivity index (χ4v) is 1.38. The van der Waals surface area contributed by atoms with Crippen LogP contribution < -0.4 is 10.1 Å². The quantitative estimate of drug-likeness (QED) is 0.801. The second-order valence-electron chi connectivity index (χ2n) is 4.25. The predicted molar refractivity (Wildman–Crippen MR) is 64.2 cm³/mol. The summed E-state index contributed by atoms with van der Waals surface area (Å²) in [7, 11) is 1.96. The predicted octanol–water partition coefficient (Wildman–Crippen LogP) is 3.00. The molecule has 15 heavy (non-hydrogen) atoms. The smallest absolute Gasteiger partial charge is 0.124 e. The highest BCUT2D eigenvalue weighted by molar-refractivity contribution is 5.35. The van der Waals surface area contributed by atoms with E-state index in [4.69, 9.17) is 4.74 Å². The molecule has 1 atom stereocenters. The minimum absolute atomic E-state index is 0.327. The number of benzene rings is 1. The van der Waals surface area contributed by atoms with Gasteiger partial charge in [0, 0.05) is 11.6 Å². The van der Waals surface area contributed by atoms with Gasteiger partial charge in [-0.3, -0.25) is 0 Å². The molecule has 0 saturated heterocycles. The van der Waals surface area contributed by atoms with Crippen LogP contribution in [0.25, 0.3) is 0 Å². The van der Waals surface area contributed by atoms with E-state index in [0.29, 0.717) is 12.0 Å². The molecule has 1 aromatic carbocycles. The van der Waals surface area contributed by atoms with Gasteiger partial charge in [-0.15, -0.1) is 0 Å². The molecule has 0 aromatic heterocycles. The van der Waals surface area contributed by atoms with Crippen LogP contribution in [0.2, 0.25) is 0 Å². The molecule has 0 heterocycles. The fraction of sp³-hybridized carbons (Fsp3) is 0.538. The van der Waals surface area contributed by atoms with Crippen molar-refractivity contribution in [1.29, 1.82) is 0 Å². The Morgan fingerprint density at radius 2 is 1.87 bits per heavy atom. The van der Waals surface area contributed by atoms with Crippen LogP contribution in [0.1, 0.15) is 32.4 Å². The first kappa shape index (κ1) is 12.1. The fourth-order valence-electron chi connectivity index (χ4n) is 1.38. The molecule has 0 saturated carbocycles. The maximum atomic E-state index is 5.78. The molecule has 1 N–H and O–H groups in total. The van der Waals surface area contributed by atoms with Gasteiger partial charge >= 0.3 is 0 Å². The molecule has 1 rings (SSSR count). The third kappa shape index (κ3) is 3.56. The summed E-state index contributed by atoms with van der Waals surface area (Å²) in [6.07, 6.45) is 0. The summed E-state index contributed by atoms with van der Waals surface area (Å²) in [5.74, 6) is 1.55. The summed E-state index contributed by atoms with van der Waals surface area (Å²) >= 11 is 0. The Labute approximate surface area is 92.6 Å². The van der Waals surface area contributed by atoms with Crippen LogP contribution in [0.5, 0.6) is 5.75 Å². The summed E-state index contributed by atoms with van der Waals surface area (Å²) in [5.41, 5.74) is 1.22. The molecular weight excluding hydrogens is 186 g/mol. The zero-order chi connectivity index (χ0) is 11.3. The van der Waals surface area contributed by atoms with E-state index in [1.165, 1.54) is 5.56 Å². The third-order valence-corrected chi connectivity index (χ3v) is 2.39. The maximum Gasteiger partial charge on any atom is 0.124 e. The standard InChI is InChI=1S/C13H21NO/c1-10(2)9-15-13-8-6-5-7-12(13)11(3)14-4/h5-8,10-11,14H,9H2,1-4H3. The zero-order valence-corrected chi connectivity index (χ0v) is 10.1. The molecule has 2 heteroatoms. The molecule has 84 valence electrons. The maximum absolute atomic E-state index is 5.78. The van der Waals surface area contributed by atoms with Crippen molar-refractivity contribution in [3.05, 3.63) is 29.8 Å². The van der Waals surface area contributed by atoms with E-state index in [-0.39, 0.29) is 0 Å². The Hall–Kier alpha value is -1.02. The summed E-state index contributed by atoms with van der Waals surface area (Å²) < 4.78 is 5.78. The van der Waals surface area contributed by atoms with Gasteiger partial charge in [-0.25, -0.2) is 0 Å². The van der Waals surface area contributed by atoms with Gasteiger partial charge in [-0.05, 0) is 26.0 Å². The number of ether oxygens (including phenoxy) is 1. The average molecular weight is 207 g/mol. The second-order valence-corrected chi connectivity index (χ2v) is 4.25. The van der Waals surface area contributed by atoms with Gasteiger partial charge in [0.2, 0.25) is 0 Å². The molecule has 0 spiro atoms. The first-order valence-electron chi connectivity index (χ1n) is 5.54. The van der Waals surface area contributed by atoms with E-state index >= 15 is 0 Å². The van der Waals surface area contributed by atoms with Crippen LogP contribution >= 0.6 is 0 Å². The van der Waals surface area contributed by atoms with Gasteiger partial charge < -0.3 is 10.1 Å². The number of hydrogen-bond acceptors (Lipinski definition) is 2. The summed E-state index contributed by atoms with van der Waals surface area (Å²) in [4.78, 5) is 0. The molecule has 0 fully saturated rings. The van der Waals surface area contributed by atoms with Crippen LogP contribution in [0, 0.1) is 5.92 Å². The molecule has 0 radical (unpaired) electrons. The van der Waals surface area contributed by atoms with Gasteiger partial charge in [-0.2, -0.15) is 0 Å². The topological polar surface area (TPSA) is 21.3 Å². The van der Waals surface area contributed by atoms with Crippen LogP contribution in [0.4, 0.5) is 0 Å². The molecule has 0 aliphatic rings. The molecular formula is C13H21NO. The lowest BCUT2D eigenvalue weighted by Gasteiger charge is -2.17. The summed E-state index contributed by atoms with van der Waals surface area (Å²) in [5, 5.41) is 3.23. The highest BCUT2D eigenvalue weighted by atomic mass is 16.5. The van der Waals surface area contributed by atoms with Gasteiger partial charge in [0.15, 0.2) is 0 Å². The highest BCUT2D eigenvalue weighted by Crippen LogP contribution is 2.24. The Bertz CT molecular complexity index is 296. The molecule has 0 aliphatic carbocycles. The lowest BCUT2D eigenvalue weighted by atomic mass is 10.1. The first-order chi connectivity index (χ1) is 7.15. The zero-order valence-electron chi connectivity index (χ0n) is 10.1. The highest BCUT2D eigenvalue weighted by Gasteiger charge is 2.09. The van der Waals surface area contributed by atoms with Gasteiger partial charge in [0.1, 0.15) is 5.75 Å². The van der Waals surface area contributed by atoms with Crippen molar-refractivity contribution in [3.8, 4) is 5.75 Å². The molecule has 2 nitrogen and oxygen atoms in total. The molecule has 1 unspecified atom stereocenters. The first-order valence-corrected chi connectivity index (χ1v) is 5.54. The minimum Gasteiger partial charge on any atom is -0.493 e. The van der Waals surface area contributed by atoms with Crippen LogP contribution in [0.3, 0.4) is 0 Å². The van der Waals surface area contributed by atoms with Crippen molar-refractivity contribution < 1.29 is 4.74 Å². The normalized spacial score (nSPS) is 12.9. The average Bonchev–Trinajstić information content (AvgIpc) is 2.25. The Kier molecular flexibility index (Phi) is 4.63. The van der Waals surface area contributed by atoms with Crippen LogP contribution in [-0.4, -0.2) is 13.7 Å². The van der Waals surface area contributed by atoms with Crippen molar-refractivity contribution in [2.45, 2.75) is 26.8 Å². The summed E-state index contributed by atoms with van der Waals surface area (Å²) in [6, 6.07) is 8.53. The monoisotopic (exact) mass is 207 g/mol. The van der Waals surface area contributed by atoms with E-state index in [1.807, 2.05) is 25.2 Å². The largest absolute Gasteiger partial charge is 0.493 e. The van der Waals surface area contributed by atoms with Crippen molar-refractivity contribution in [1.82, 2.24) is 5.32 Å². The second kappa shape index (κ2) is 5.76. The minimum atomic E-state index is 0.327. The van der Waals surface area contributed by atoms with Crippen LogP contribution in [-0.2, 0) is 0 Å². The molecule has 0 amide bonds. The van der Waals surface area contributed by atoms with E-state index in [1.54, 1.807) is 0 Å². The van der Waals surface area contributed by atoms with Crippen molar-refractivity contribution in [2.24, 2.45) is 5.92 Å². The van der Waals surface area contributed by atoms with E-state index in [0.717, 1.165) is 12.4 Å². The Morgan fingerprint density at radius 1 is 1.20 bits per heavy atom. The Morgan fingerprint density at radius 3 is 2.47 bits per heavy atom. The van der Waals surface area contributed by atoms with Crippen molar-refractivity contribution >= 4 is 0 Å².